The molecule has 0 spiro atoms. The number of benzene rings is 2. The van der Waals surface area contributed by atoms with Crippen LogP contribution in [0.5, 0.6) is 11.5 Å². The second-order valence-electron chi connectivity index (χ2n) is 12.7. The monoisotopic (exact) mass is 558 g/mol. The number of hydrogen-bond donors (Lipinski definition) is 2. The van der Waals surface area contributed by atoms with Gasteiger partial charge in [-0.05, 0) is 61.1 Å². The smallest absolute Gasteiger partial charge is 0.119 e. The van der Waals surface area contributed by atoms with Gasteiger partial charge < -0.3 is 39.4 Å². The lowest BCUT2D eigenvalue weighted by molar-refractivity contribution is -0.845. The van der Waals surface area contributed by atoms with Crippen LogP contribution in [-0.4, -0.2) is 75.0 Å². The normalized spacial score (nSPS) is 27.4. The molecule has 0 bridgehead atoms. The average molecular weight is 559 g/mol. The molecule has 2 aromatic carbocycles. The Hall–Kier alpha value is -2.20. The molecule has 2 aromatic rings. The zero-order valence-corrected chi connectivity index (χ0v) is 25.3. The summed E-state index contributed by atoms with van der Waals surface area (Å²) in [5.74, 6) is 1.49. The fraction of sp³-hybridized carbons (Fsp3) is 0.625. The number of hydrogen-bond acceptors (Lipinski definition) is 6. The molecule has 8 nitrogen and oxygen atoms in total. The van der Waals surface area contributed by atoms with E-state index in [0.29, 0.717) is 25.9 Å². The minimum atomic E-state index is -0.910. The van der Waals surface area contributed by atoms with Crippen molar-refractivity contribution in [3.05, 3.63) is 70.1 Å². The third-order valence-corrected chi connectivity index (χ3v) is 8.53. The largest absolute Gasteiger partial charge is 0.633 e. The standard InChI is InChI=1S/2C16H25NO3/c2*1-17(2,19)12-14-7-4-5-10-16(14,18)13-8-6-9-15(11-13)20-3/h2*6,8-9,11,14,18H,4-5,7,10,12H2,1-3H3/t2*14-,16+/m10/s1. The number of ether oxygens (including phenoxy) is 2. The van der Waals surface area contributed by atoms with E-state index in [1.807, 2.05) is 48.5 Å². The lowest BCUT2D eigenvalue weighted by Crippen LogP contribution is -2.47. The van der Waals surface area contributed by atoms with Crippen LogP contribution in [0.4, 0.5) is 0 Å². The van der Waals surface area contributed by atoms with E-state index in [-0.39, 0.29) is 21.1 Å². The summed E-state index contributed by atoms with van der Waals surface area (Å²) in [4.78, 5) is 0. The molecule has 0 amide bonds. The van der Waals surface area contributed by atoms with E-state index in [2.05, 4.69) is 0 Å². The van der Waals surface area contributed by atoms with E-state index in [4.69, 9.17) is 9.47 Å². The fourth-order valence-corrected chi connectivity index (χ4v) is 6.55. The lowest BCUT2D eigenvalue weighted by atomic mass is 9.71. The first-order chi connectivity index (χ1) is 18.7. The minimum Gasteiger partial charge on any atom is -0.633 e. The summed E-state index contributed by atoms with van der Waals surface area (Å²) < 4.78 is 9.77. The van der Waals surface area contributed by atoms with Crippen LogP contribution in [0.25, 0.3) is 0 Å². The van der Waals surface area contributed by atoms with E-state index in [0.717, 1.165) is 61.2 Å². The molecule has 0 aliphatic heterocycles. The molecule has 40 heavy (non-hydrogen) atoms. The summed E-state index contributed by atoms with van der Waals surface area (Å²) >= 11 is 0. The molecular formula is C32H50N2O6. The first-order valence-electron chi connectivity index (χ1n) is 14.5. The Labute approximate surface area is 240 Å². The van der Waals surface area contributed by atoms with E-state index in [1.165, 1.54) is 0 Å². The van der Waals surface area contributed by atoms with Crippen LogP contribution in [0, 0.1) is 22.3 Å². The van der Waals surface area contributed by atoms with E-state index < -0.39 is 11.2 Å². The summed E-state index contributed by atoms with van der Waals surface area (Å²) in [6.45, 7) is 0.876. The summed E-state index contributed by atoms with van der Waals surface area (Å²) in [5.41, 5.74) is -0.0793. The summed E-state index contributed by atoms with van der Waals surface area (Å²) in [6, 6.07) is 15.2. The number of hydroxylamine groups is 6. The lowest BCUT2D eigenvalue weighted by Gasteiger charge is -2.45. The molecule has 4 atom stereocenters. The molecule has 0 unspecified atom stereocenters. The van der Waals surface area contributed by atoms with Crippen LogP contribution in [-0.2, 0) is 11.2 Å². The van der Waals surface area contributed by atoms with E-state index >= 15 is 0 Å². The molecule has 2 fully saturated rings. The molecule has 2 saturated carbocycles. The van der Waals surface area contributed by atoms with E-state index in [9.17, 15) is 20.6 Å². The molecule has 4 rings (SSSR count). The molecule has 2 N–H and O–H groups in total. The highest BCUT2D eigenvalue weighted by atomic mass is 16.5. The number of quaternary nitrogens is 2. The van der Waals surface area contributed by atoms with Crippen molar-refractivity contribution in [1.82, 2.24) is 0 Å². The Bertz CT molecular complexity index is 996. The van der Waals surface area contributed by atoms with Gasteiger partial charge in [-0.15, -0.1) is 0 Å². The van der Waals surface area contributed by atoms with Gasteiger partial charge in [-0.1, -0.05) is 49.9 Å². The Morgan fingerprint density at radius 3 is 1.40 bits per heavy atom. The predicted octanol–water partition coefficient (Wildman–Crippen LogP) is 5.29. The summed E-state index contributed by atoms with van der Waals surface area (Å²) in [7, 11) is 9.81. The summed E-state index contributed by atoms with van der Waals surface area (Å²) in [5, 5.41) is 46.4. The van der Waals surface area contributed by atoms with E-state index in [1.54, 1.807) is 42.4 Å². The highest BCUT2D eigenvalue weighted by molar-refractivity contribution is 5.34. The topological polar surface area (TPSA) is 105 Å². The van der Waals surface area contributed by atoms with Gasteiger partial charge in [0.25, 0.3) is 0 Å². The molecule has 224 valence electrons. The second-order valence-corrected chi connectivity index (χ2v) is 12.7. The molecule has 8 heteroatoms. The number of nitrogens with zero attached hydrogens (tertiary/aromatic N) is 2. The molecule has 2 aliphatic rings. The maximum atomic E-state index is 12.0. The highest BCUT2D eigenvalue weighted by Gasteiger charge is 2.43. The molecule has 0 saturated heterocycles. The first-order valence-corrected chi connectivity index (χ1v) is 14.5. The van der Waals surface area contributed by atoms with Crippen molar-refractivity contribution in [2.75, 3.05) is 55.5 Å². The number of aliphatic hydroxyl groups is 2. The van der Waals surface area contributed by atoms with Crippen LogP contribution in [0.3, 0.4) is 0 Å². The molecular weight excluding hydrogens is 508 g/mol. The Morgan fingerprint density at radius 2 is 1.07 bits per heavy atom. The van der Waals surface area contributed by atoms with Crippen molar-refractivity contribution in [2.45, 2.75) is 62.6 Å². The van der Waals surface area contributed by atoms with Crippen molar-refractivity contribution >= 4 is 0 Å². The Balaban J connectivity index is 0.000000220. The van der Waals surface area contributed by atoms with Gasteiger partial charge in [0, 0.05) is 11.8 Å². The second kappa shape index (κ2) is 13.2. The Kier molecular flexibility index (Phi) is 10.7. The fourth-order valence-electron chi connectivity index (χ4n) is 6.55. The van der Waals surface area contributed by atoms with Crippen LogP contribution in [0.1, 0.15) is 62.5 Å². The van der Waals surface area contributed by atoms with Gasteiger partial charge in [0.15, 0.2) is 0 Å². The molecule has 2 aliphatic carbocycles. The third kappa shape index (κ3) is 8.41. The SMILES string of the molecule is COc1cccc([C@@]2(O)CCCC[C@@H]2C[N+](C)(C)[O-])c1.COc1cccc([C@]2(O)CCCC[C@H]2C[N+](C)(C)[O-])c1. The van der Waals surface area contributed by atoms with Crippen LogP contribution < -0.4 is 9.47 Å². The van der Waals surface area contributed by atoms with Crippen LogP contribution in [0.2, 0.25) is 0 Å². The van der Waals surface area contributed by atoms with Crippen molar-refractivity contribution in [1.29, 1.82) is 0 Å². The quantitative estimate of drug-likeness (QED) is 0.337. The highest BCUT2D eigenvalue weighted by Crippen LogP contribution is 2.44. The van der Waals surface area contributed by atoms with Crippen molar-refractivity contribution < 1.29 is 29.0 Å². The van der Waals surface area contributed by atoms with Gasteiger partial charge in [0.05, 0.1) is 66.7 Å². The Morgan fingerprint density at radius 1 is 0.700 bits per heavy atom. The maximum Gasteiger partial charge on any atom is 0.119 e. The van der Waals surface area contributed by atoms with Gasteiger partial charge in [0.2, 0.25) is 0 Å². The third-order valence-electron chi connectivity index (χ3n) is 8.53. The summed E-state index contributed by atoms with van der Waals surface area (Å²) in [6.07, 6.45) is 7.38. The van der Waals surface area contributed by atoms with Crippen molar-refractivity contribution in [3.8, 4) is 11.5 Å². The van der Waals surface area contributed by atoms with Crippen LogP contribution in [0.15, 0.2) is 48.5 Å². The van der Waals surface area contributed by atoms with Crippen LogP contribution >= 0.6 is 0 Å². The zero-order valence-electron chi connectivity index (χ0n) is 25.3. The first kappa shape index (κ1) is 32.3. The minimum absolute atomic E-state index is 0.00384. The molecule has 0 aromatic heterocycles. The zero-order chi connectivity index (χ0) is 29.6. The maximum absolute atomic E-state index is 12.0. The van der Waals surface area contributed by atoms with Crippen molar-refractivity contribution in [3.63, 3.8) is 0 Å². The molecule has 0 radical (unpaired) electrons. The number of rotatable bonds is 8. The molecule has 0 heterocycles. The average Bonchev–Trinajstić information content (AvgIpc) is 2.90. The van der Waals surface area contributed by atoms with Gasteiger partial charge in [0.1, 0.15) is 11.5 Å². The van der Waals surface area contributed by atoms with Gasteiger partial charge in [-0.3, -0.25) is 0 Å². The van der Waals surface area contributed by atoms with Gasteiger partial charge in [-0.25, -0.2) is 0 Å². The van der Waals surface area contributed by atoms with Gasteiger partial charge in [-0.2, -0.15) is 0 Å². The predicted molar refractivity (Wildman–Crippen MR) is 158 cm³/mol. The number of methoxy groups -OCH3 is 2. The van der Waals surface area contributed by atoms with Gasteiger partial charge >= 0.3 is 0 Å². The van der Waals surface area contributed by atoms with Crippen molar-refractivity contribution in [2.24, 2.45) is 11.8 Å².